The molecule has 0 saturated heterocycles. The molecule has 0 unspecified atom stereocenters. The van der Waals surface area contributed by atoms with E-state index in [1.54, 1.807) is 0 Å². The van der Waals surface area contributed by atoms with Crippen molar-refractivity contribution >= 4 is 17.6 Å². The largest absolute Gasteiger partial charge is 0.418 e. The van der Waals surface area contributed by atoms with Gasteiger partial charge in [-0.3, -0.25) is 0 Å². The van der Waals surface area contributed by atoms with Crippen molar-refractivity contribution in [3.05, 3.63) is 29.8 Å². The van der Waals surface area contributed by atoms with Crippen molar-refractivity contribution in [1.29, 1.82) is 0 Å². The lowest BCUT2D eigenvalue weighted by Crippen LogP contribution is -2.26. The lowest BCUT2D eigenvalue weighted by atomic mass is 10.2. The van der Waals surface area contributed by atoms with Gasteiger partial charge in [0, 0.05) is 0 Å². The Hall–Kier alpha value is -2.25. The first-order valence-corrected chi connectivity index (χ1v) is 4.40. The fourth-order valence-corrected chi connectivity index (χ4v) is 1.09. The van der Waals surface area contributed by atoms with Crippen LogP contribution in [0.3, 0.4) is 0 Å². The van der Waals surface area contributed by atoms with Crippen molar-refractivity contribution in [3.63, 3.8) is 0 Å². The maximum absolute atomic E-state index is 12.6. The van der Waals surface area contributed by atoms with Crippen LogP contribution in [0, 0.1) is 0 Å². The van der Waals surface area contributed by atoms with Gasteiger partial charge in [-0.15, -0.1) is 0 Å². The van der Waals surface area contributed by atoms with Gasteiger partial charge in [0.1, 0.15) is 0 Å². The number of benzene rings is 1. The Balaban J connectivity index is 3.20. The maximum atomic E-state index is 12.6. The van der Waals surface area contributed by atoms with Crippen molar-refractivity contribution in [2.45, 2.75) is 6.18 Å². The van der Waals surface area contributed by atoms with Crippen molar-refractivity contribution < 1.29 is 13.2 Å². The molecule has 6 N–H and O–H groups in total. The molecule has 0 atom stereocenters. The Morgan fingerprint density at radius 2 is 1.65 bits per heavy atom. The van der Waals surface area contributed by atoms with E-state index in [-0.39, 0.29) is 11.6 Å². The van der Waals surface area contributed by atoms with Gasteiger partial charge in [-0.05, 0) is 12.1 Å². The lowest BCUT2D eigenvalue weighted by Gasteiger charge is -2.09. The van der Waals surface area contributed by atoms with Gasteiger partial charge in [0.25, 0.3) is 0 Å². The highest BCUT2D eigenvalue weighted by molar-refractivity contribution is 5.93. The van der Waals surface area contributed by atoms with E-state index in [9.17, 15) is 13.2 Å². The average molecular weight is 245 g/mol. The van der Waals surface area contributed by atoms with E-state index < -0.39 is 17.7 Å². The first-order valence-electron chi connectivity index (χ1n) is 4.40. The van der Waals surface area contributed by atoms with Gasteiger partial charge in [0.15, 0.2) is 5.96 Å². The molecule has 0 aliphatic carbocycles. The molecule has 0 radical (unpaired) electrons. The van der Waals surface area contributed by atoms with Crippen LogP contribution in [0.5, 0.6) is 0 Å². The summed E-state index contributed by atoms with van der Waals surface area (Å²) in [6.07, 6.45) is -4.52. The van der Waals surface area contributed by atoms with Gasteiger partial charge in [0.05, 0.1) is 11.3 Å². The molecule has 17 heavy (non-hydrogen) atoms. The van der Waals surface area contributed by atoms with Crippen LogP contribution in [0.25, 0.3) is 0 Å². The minimum Gasteiger partial charge on any atom is -0.370 e. The van der Waals surface area contributed by atoms with Crippen molar-refractivity contribution in [2.75, 3.05) is 0 Å². The van der Waals surface area contributed by atoms with E-state index in [1.165, 1.54) is 12.1 Å². The number of rotatable bonds is 1. The number of hydrogen-bond donors (Lipinski definition) is 3. The molecule has 92 valence electrons. The highest BCUT2D eigenvalue weighted by atomic mass is 19.4. The molecule has 0 amide bonds. The van der Waals surface area contributed by atoms with Gasteiger partial charge in [0.2, 0.25) is 5.96 Å². The zero-order chi connectivity index (χ0) is 13.1. The zero-order valence-corrected chi connectivity index (χ0v) is 8.57. The summed E-state index contributed by atoms with van der Waals surface area (Å²) in [5.41, 5.74) is 14.0. The molecule has 0 bridgehead atoms. The van der Waals surface area contributed by atoms with E-state index >= 15 is 0 Å². The second-order valence-electron chi connectivity index (χ2n) is 3.02. The lowest BCUT2D eigenvalue weighted by molar-refractivity contribution is -0.137. The van der Waals surface area contributed by atoms with Crippen molar-refractivity contribution in [1.82, 2.24) is 0 Å². The Kier molecular flexibility index (Phi) is 3.56. The first-order chi connectivity index (χ1) is 7.80. The topological polar surface area (TPSA) is 103 Å². The summed E-state index contributed by atoms with van der Waals surface area (Å²) in [4.78, 5) is 6.82. The third-order valence-electron chi connectivity index (χ3n) is 1.69. The van der Waals surface area contributed by atoms with Gasteiger partial charge >= 0.3 is 6.18 Å². The van der Waals surface area contributed by atoms with Crippen molar-refractivity contribution in [3.8, 4) is 0 Å². The quantitative estimate of drug-likeness (QED) is 0.506. The SMILES string of the molecule is NC(N)=NC(N)=Nc1ccccc1C(F)(F)F. The molecule has 0 aromatic heterocycles. The first kappa shape index (κ1) is 12.8. The van der Waals surface area contributed by atoms with Crippen LogP contribution >= 0.6 is 0 Å². The number of hydrogen-bond acceptors (Lipinski definition) is 1. The molecule has 0 saturated carbocycles. The number of para-hydroxylation sites is 1. The van der Waals surface area contributed by atoms with E-state index in [4.69, 9.17) is 17.2 Å². The average Bonchev–Trinajstić information content (AvgIpc) is 2.15. The Morgan fingerprint density at radius 3 is 2.18 bits per heavy atom. The van der Waals surface area contributed by atoms with Crippen LogP contribution in [-0.4, -0.2) is 11.9 Å². The summed E-state index contributed by atoms with van der Waals surface area (Å²) in [5, 5.41) is 0. The molecule has 5 nitrogen and oxygen atoms in total. The molecule has 8 heteroatoms. The van der Waals surface area contributed by atoms with Gasteiger partial charge in [-0.1, -0.05) is 12.1 Å². The number of nitrogens with zero attached hydrogens (tertiary/aromatic N) is 2. The third-order valence-corrected chi connectivity index (χ3v) is 1.69. The van der Waals surface area contributed by atoms with Crippen LogP contribution in [0.15, 0.2) is 34.3 Å². The van der Waals surface area contributed by atoms with E-state index in [0.29, 0.717) is 0 Å². The predicted molar refractivity (Wildman–Crippen MR) is 58.5 cm³/mol. The Labute approximate surface area is 94.8 Å². The molecular formula is C9H10F3N5. The summed E-state index contributed by atoms with van der Waals surface area (Å²) in [6, 6.07) is 4.70. The number of alkyl halides is 3. The second kappa shape index (κ2) is 4.73. The van der Waals surface area contributed by atoms with Crippen LogP contribution < -0.4 is 17.2 Å². The van der Waals surface area contributed by atoms with Crippen LogP contribution in [0.2, 0.25) is 0 Å². The summed E-state index contributed by atoms with van der Waals surface area (Å²) in [6.45, 7) is 0. The maximum Gasteiger partial charge on any atom is 0.418 e. The van der Waals surface area contributed by atoms with Crippen LogP contribution in [-0.2, 0) is 6.18 Å². The molecule has 0 aliphatic heterocycles. The third kappa shape index (κ3) is 3.67. The molecular weight excluding hydrogens is 235 g/mol. The smallest absolute Gasteiger partial charge is 0.370 e. The Bertz CT molecular complexity index is 460. The summed E-state index contributed by atoms with van der Waals surface area (Å²) < 4.78 is 37.7. The van der Waals surface area contributed by atoms with Crippen molar-refractivity contribution in [2.24, 2.45) is 27.2 Å². The van der Waals surface area contributed by atoms with Crippen LogP contribution in [0.4, 0.5) is 18.9 Å². The summed E-state index contributed by atoms with van der Waals surface area (Å²) in [5.74, 6) is -0.822. The molecule has 1 rings (SSSR count). The fraction of sp³-hybridized carbons (Fsp3) is 0.111. The minimum absolute atomic E-state index is 0.345. The molecule has 1 aromatic rings. The number of guanidine groups is 2. The molecule has 0 fully saturated rings. The highest BCUT2D eigenvalue weighted by Crippen LogP contribution is 2.35. The summed E-state index contributed by atoms with van der Waals surface area (Å²) >= 11 is 0. The number of halogens is 3. The molecule has 0 aliphatic rings. The fourth-order valence-electron chi connectivity index (χ4n) is 1.09. The van der Waals surface area contributed by atoms with Gasteiger partial charge < -0.3 is 17.2 Å². The summed E-state index contributed by atoms with van der Waals surface area (Å²) in [7, 11) is 0. The van der Waals surface area contributed by atoms with Gasteiger partial charge in [-0.2, -0.15) is 18.2 Å². The normalized spacial score (nSPS) is 12.3. The Morgan fingerprint density at radius 1 is 1.06 bits per heavy atom. The van der Waals surface area contributed by atoms with E-state index in [1.807, 2.05) is 0 Å². The minimum atomic E-state index is -4.52. The standard InChI is InChI=1S/C9H10F3N5/c10-9(11,12)5-3-1-2-4-6(5)16-8(15)17-7(13)14/h1-4H,(H6,13,14,15,16,17). The predicted octanol–water partition coefficient (Wildman–Crippen LogP) is 0.925. The molecule has 0 spiro atoms. The highest BCUT2D eigenvalue weighted by Gasteiger charge is 2.33. The van der Waals surface area contributed by atoms with E-state index in [2.05, 4.69) is 9.98 Å². The molecule has 0 heterocycles. The number of aliphatic imine (C=N–C) groups is 2. The van der Waals surface area contributed by atoms with Gasteiger partial charge in [-0.25, -0.2) is 4.99 Å². The van der Waals surface area contributed by atoms with E-state index in [0.717, 1.165) is 12.1 Å². The van der Waals surface area contributed by atoms with Crippen LogP contribution in [0.1, 0.15) is 5.56 Å². The molecule has 1 aromatic carbocycles. The monoisotopic (exact) mass is 245 g/mol. The number of nitrogens with two attached hydrogens (primary N) is 3. The zero-order valence-electron chi connectivity index (χ0n) is 8.57. The second-order valence-corrected chi connectivity index (χ2v) is 3.02.